The highest BCUT2D eigenvalue weighted by Crippen LogP contribution is 2.28. The van der Waals surface area contributed by atoms with Gasteiger partial charge in [-0.05, 0) is 22.9 Å². The molecule has 0 spiro atoms. The van der Waals surface area contributed by atoms with E-state index in [0.717, 1.165) is 0 Å². The third-order valence-electron chi connectivity index (χ3n) is 1.78. The molecule has 1 rings (SSSR count). The molecule has 4 heteroatoms. The van der Waals surface area contributed by atoms with E-state index in [1.54, 1.807) is 0 Å². The maximum Gasteiger partial charge on any atom is 0.0119 e. The standard InChI is InChI=1S/C6H11N3S.C2H6/c7-8-9-10-6-4-2-1-3-5-6;1-2/h6H,1-5H2;1-2H3. The van der Waals surface area contributed by atoms with E-state index in [1.165, 1.54) is 44.1 Å². The van der Waals surface area contributed by atoms with E-state index in [1.807, 2.05) is 13.8 Å². The van der Waals surface area contributed by atoms with Crippen LogP contribution >= 0.6 is 11.9 Å². The van der Waals surface area contributed by atoms with Crippen LogP contribution in [0, 0.1) is 0 Å². The van der Waals surface area contributed by atoms with Gasteiger partial charge in [-0.2, -0.15) is 0 Å². The average molecular weight is 187 g/mol. The van der Waals surface area contributed by atoms with Crippen molar-refractivity contribution in [3.8, 4) is 0 Å². The highest BCUT2D eigenvalue weighted by molar-refractivity contribution is 7.98. The molecule has 70 valence electrons. The van der Waals surface area contributed by atoms with Crippen LogP contribution in [0.5, 0.6) is 0 Å². The molecule has 1 fully saturated rings. The second kappa shape index (κ2) is 8.75. The van der Waals surface area contributed by atoms with Crippen LogP contribution in [0.3, 0.4) is 0 Å². The lowest BCUT2D eigenvalue weighted by atomic mass is 10.0. The molecule has 0 heterocycles. The number of hydrogen-bond acceptors (Lipinski definition) is 2. The van der Waals surface area contributed by atoms with Gasteiger partial charge in [0.05, 0.1) is 0 Å². The summed E-state index contributed by atoms with van der Waals surface area (Å²) in [7, 11) is 0. The van der Waals surface area contributed by atoms with Gasteiger partial charge in [0.2, 0.25) is 0 Å². The highest BCUT2D eigenvalue weighted by atomic mass is 32.2. The van der Waals surface area contributed by atoms with Gasteiger partial charge in [0, 0.05) is 10.2 Å². The van der Waals surface area contributed by atoms with Crippen molar-refractivity contribution in [3.63, 3.8) is 0 Å². The summed E-state index contributed by atoms with van der Waals surface area (Å²) >= 11 is 1.41. The van der Waals surface area contributed by atoms with Gasteiger partial charge in [-0.25, -0.2) is 0 Å². The van der Waals surface area contributed by atoms with Gasteiger partial charge in [-0.3, -0.25) is 0 Å². The van der Waals surface area contributed by atoms with Crippen molar-refractivity contribution in [1.29, 1.82) is 0 Å². The van der Waals surface area contributed by atoms with Crippen LogP contribution < -0.4 is 0 Å². The lowest BCUT2D eigenvalue weighted by Crippen LogP contribution is -2.06. The Morgan fingerprint density at radius 2 is 1.83 bits per heavy atom. The Morgan fingerprint density at radius 3 is 2.33 bits per heavy atom. The van der Waals surface area contributed by atoms with Crippen molar-refractivity contribution < 1.29 is 0 Å². The topological polar surface area (TPSA) is 48.8 Å². The molecule has 0 aromatic heterocycles. The molecule has 0 aromatic rings. The number of azide groups is 1. The molecule has 1 saturated carbocycles. The normalized spacial score (nSPS) is 17.2. The van der Waals surface area contributed by atoms with Crippen LogP contribution in [-0.2, 0) is 0 Å². The summed E-state index contributed by atoms with van der Waals surface area (Å²) < 4.78 is 3.49. The van der Waals surface area contributed by atoms with Gasteiger partial charge < -0.3 is 0 Å². The minimum Gasteiger partial charge on any atom is -0.0683 e. The largest absolute Gasteiger partial charge is 0.0683 e. The zero-order valence-electron chi connectivity index (χ0n) is 7.86. The van der Waals surface area contributed by atoms with Gasteiger partial charge in [0.1, 0.15) is 0 Å². The molecule has 0 saturated heterocycles. The molecule has 0 unspecified atom stereocenters. The van der Waals surface area contributed by atoms with Crippen LogP contribution in [0.25, 0.3) is 10.4 Å². The predicted octanol–water partition coefficient (Wildman–Crippen LogP) is 4.30. The summed E-state index contributed by atoms with van der Waals surface area (Å²) in [5, 5.41) is 0.602. The summed E-state index contributed by atoms with van der Waals surface area (Å²) in [6, 6.07) is 0. The maximum atomic E-state index is 8.03. The van der Waals surface area contributed by atoms with Crippen LogP contribution in [0.2, 0.25) is 0 Å². The van der Waals surface area contributed by atoms with Crippen molar-refractivity contribution in [2.45, 2.75) is 51.2 Å². The van der Waals surface area contributed by atoms with Crippen molar-refractivity contribution in [3.05, 3.63) is 10.4 Å². The minimum absolute atomic E-state index is 0.602. The molecule has 0 atom stereocenters. The van der Waals surface area contributed by atoms with E-state index in [9.17, 15) is 0 Å². The van der Waals surface area contributed by atoms with Crippen molar-refractivity contribution >= 4 is 11.9 Å². The Labute approximate surface area is 78.7 Å². The van der Waals surface area contributed by atoms with Crippen molar-refractivity contribution in [2.75, 3.05) is 0 Å². The molecule has 1 aliphatic rings. The third kappa shape index (κ3) is 5.33. The number of nitrogens with zero attached hydrogens (tertiary/aromatic N) is 3. The van der Waals surface area contributed by atoms with Gasteiger partial charge in [0.15, 0.2) is 0 Å². The van der Waals surface area contributed by atoms with Crippen LogP contribution in [0.1, 0.15) is 46.0 Å². The molecule has 0 amide bonds. The van der Waals surface area contributed by atoms with E-state index in [0.29, 0.717) is 5.25 Å². The first kappa shape index (κ1) is 11.7. The van der Waals surface area contributed by atoms with E-state index in [2.05, 4.69) is 9.43 Å². The highest BCUT2D eigenvalue weighted by Gasteiger charge is 2.12. The molecule has 12 heavy (non-hydrogen) atoms. The van der Waals surface area contributed by atoms with Gasteiger partial charge in [0.25, 0.3) is 0 Å². The van der Waals surface area contributed by atoms with Gasteiger partial charge in [-0.1, -0.05) is 45.1 Å². The molecule has 0 N–H and O–H groups in total. The van der Waals surface area contributed by atoms with E-state index >= 15 is 0 Å². The third-order valence-corrected chi connectivity index (χ3v) is 2.72. The molecular formula is C8H17N3S. The van der Waals surface area contributed by atoms with Gasteiger partial charge >= 0.3 is 0 Å². The summed E-state index contributed by atoms with van der Waals surface area (Å²) in [4.78, 5) is 2.72. The lowest BCUT2D eigenvalue weighted by Gasteiger charge is -2.17. The fourth-order valence-electron chi connectivity index (χ4n) is 1.26. The Balaban J connectivity index is 0.000000561. The molecule has 0 radical (unpaired) electrons. The molecule has 0 aliphatic heterocycles. The van der Waals surface area contributed by atoms with E-state index < -0.39 is 0 Å². The molecule has 3 nitrogen and oxygen atoms in total. The monoisotopic (exact) mass is 187 g/mol. The fraction of sp³-hybridized carbons (Fsp3) is 1.00. The number of hydrogen-bond donors (Lipinski definition) is 0. The summed E-state index contributed by atoms with van der Waals surface area (Å²) in [6.45, 7) is 4.00. The summed E-state index contributed by atoms with van der Waals surface area (Å²) in [5.41, 5.74) is 8.03. The van der Waals surface area contributed by atoms with Crippen LogP contribution in [0.4, 0.5) is 0 Å². The fourth-order valence-corrected chi connectivity index (χ4v) is 1.98. The SMILES string of the molecule is CC.[N-]=[N+]=NSC1CCCCC1. The average Bonchev–Trinajstić information content (AvgIpc) is 2.19. The number of rotatable bonds is 2. The second-order valence-electron chi connectivity index (χ2n) is 2.54. The zero-order valence-corrected chi connectivity index (χ0v) is 8.68. The first-order chi connectivity index (χ1) is 5.93. The van der Waals surface area contributed by atoms with Gasteiger partial charge in [-0.15, -0.1) is 0 Å². The summed E-state index contributed by atoms with van der Waals surface area (Å²) in [6.07, 6.45) is 6.41. The van der Waals surface area contributed by atoms with Crippen LogP contribution in [0.15, 0.2) is 4.52 Å². The maximum absolute atomic E-state index is 8.03. The molecule has 0 aromatic carbocycles. The predicted molar refractivity (Wildman–Crippen MR) is 55.0 cm³/mol. The second-order valence-corrected chi connectivity index (χ2v) is 3.58. The summed E-state index contributed by atoms with van der Waals surface area (Å²) in [5.74, 6) is 0. The molecule has 0 bridgehead atoms. The quantitative estimate of drug-likeness (QED) is 0.275. The Morgan fingerprint density at radius 1 is 1.25 bits per heavy atom. The van der Waals surface area contributed by atoms with Crippen molar-refractivity contribution in [2.24, 2.45) is 4.52 Å². The molecular weight excluding hydrogens is 170 g/mol. The Bertz CT molecular complexity index is 137. The zero-order chi connectivity index (χ0) is 9.23. The van der Waals surface area contributed by atoms with E-state index in [-0.39, 0.29) is 0 Å². The first-order valence-electron chi connectivity index (χ1n) is 4.63. The van der Waals surface area contributed by atoms with Crippen LogP contribution in [-0.4, -0.2) is 5.25 Å². The van der Waals surface area contributed by atoms with Crippen molar-refractivity contribution in [1.82, 2.24) is 0 Å². The lowest BCUT2D eigenvalue weighted by molar-refractivity contribution is 0.516. The first-order valence-corrected chi connectivity index (χ1v) is 5.47. The smallest absolute Gasteiger partial charge is 0.0119 e. The Kier molecular flexibility index (Phi) is 8.51. The minimum atomic E-state index is 0.602. The Hall–Kier alpha value is -0.340. The van der Waals surface area contributed by atoms with E-state index in [4.69, 9.17) is 5.53 Å². The molecule has 1 aliphatic carbocycles.